The number of rotatable bonds is 15. The molecule has 1 aliphatic heterocycles. The van der Waals surface area contributed by atoms with Gasteiger partial charge in [0.2, 0.25) is 23.6 Å². The number of ether oxygens (including phenoxy) is 1. The number of carbonyl (C=O) groups excluding carboxylic acids is 4. The quantitative estimate of drug-likeness (QED) is 0.122. The van der Waals surface area contributed by atoms with E-state index in [1.165, 1.54) is 24.3 Å². The van der Waals surface area contributed by atoms with Crippen molar-refractivity contribution in [2.24, 2.45) is 17.8 Å². The van der Waals surface area contributed by atoms with Crippen LogP contribution >= 0.6 is 0 Å². The first-order chi connectivity index (χ1) is 26.2. The minimum atomic E-state index is -4.63. The number of para-hydroxylation sites is 1. The van der Waals surface area contributed by atoms with Gasteiger partial charge in [0.25, 0.3) is 0 Å². The summed E-state index contributed by atoms with van der Waals surface area (Å²) in [7, 11) is 0. The molecule has 5 N–H and O–H groups in total. The van der Waals surface area contributed by atoms with Gasteiger partial charge in [0.15, 0.2) is 0 Å². The maximum Gasteiger partial charge on any atom is 0.418 e. The Hall–Kier alpha value is -4.46. The summed E-state index contributed by atoms with van der Waals surface area (Å²) in [5.41, 5.74) is -1.37. The predicted molar refractivity (Wildman–Crippen MR) is 200 cm³/mol. The van der Waals surface area contributed by atoms with Crippen molar-refractivity contribution in [2.75, 3.05) is 19.8 Å². The Labute approximate surface area is 319 Å². The van der Waals surface area contributed by atoms with Crippen molar-refractivity contribution in [1.29, 1.82) is 0 Å². The number of aryl methyl sites for hydroxylation is 1. The first-order valence-corrected chi connectivity index (χ1v) is 19.4. The molecule has 4 amide bonds. The van der Waals surface area contributed by atoms with Gasteiger partial charge in [-0.2, -0.15) is 13.2 Å². The van der Waals surface area contributed by atoms with Gasteiger partial charge in [-0.05, 0) is 66.7 Å². The first kappa shape index (κ1) is 41.7. The summed E-state index contributed by atoms with van der Waals surface area (Å²) in [5.74, 6) is -2.75. The molecule has 5 atom stereocenters. The standard InChI is InChI=1S/C41H53F4N5O5/c1-5-24(3)33(23-46-34(51)20-26-15-18-55-19-16-26)48-39(54)40(17-14-32-29(22-40)28-11-9-12-30(37(28)47-32)41(43,44)45)50-38(53)36(25(4)6-2)49-35(52)21-27-10-7-8-13-31(27)42/h7-13,24-26,33,36,47H,5-6,14-23H2,1-4H3,(H,46,51)(H,48,54)(H,49,52)(H,50,53)/t24?,25?,33-,36+,40-/m1/s1. The second-order valence-electron chi connectivity index (χ2n) is 15.3. The Morgan fingerprint density at radius 3 is 2.33 bits per heavy atom. The van der Waals surface area contributed by atoms with Crippen molar-refractivity contribution in [3.05, 3.63) is 70.7 Å². The van der Waals surface area contributed by atoms with Crippen LogP contribution in [0.3, 0.4) is 0 Å². The summed E-state index contributed by atoms with van der Waals surface area (Å²) < 4.78 is 62.1. The Morgan fingerprint density at radius 1 is 0.945 bits per heavy atom. The van der Waals surface area contributed by atoms with E-state index in [-0.39, 0.29) is 61.1 Å². The number of amides is 4. The van der Waals surface area contributed by atoms with Gasteiger partial charge >= 0.3 is 6.18 Å². The monoisotopic (exact) mass is 771 g/mol. The highest BCUT2D eigenvalue weighted by molar-refractivity contribution is 5.97. The topological polar surface area (TPSA) is 141 Å². The van der Waals surface area contributed by atoms with Crippen molar-refractivity contribution in [1.82, 2.24) is 26.3 Å². The molecule has 55 heavy (non-hydrogen) atoms. The van der Waals surface area contributed by atoms with Crippen LogP contribution in [-0.4, -0.2) is 66.0 Å². The number of carbonyl (C=O) groups is 4. The normalized spacial score (nSPS) is 19.8. The molecule has 1 aliphatic carbocycles. The number of H-pyrrole nitrogens is 1. The zero-order valence-corrected chi connectivity index (χ0v) is 32.0. The maximum absolute atomic E-state index is 14.7. The summed E-state index contributed by atoms with van der Waals surface area (Å²) in [6.45, 7) is 8.90. The molecule has 0 bridgehead atoms. The zero-order valence-electron chi connectivity index (χ0n) is 32.0. The van der Waals surface area contributed by atoms with Gasteiger partial charge in [0.1, 0.15) is 17.4 Å². The van der Waals surface area contributed by atoms with Crippen LogP contribution in [0.15, 0.2) is 42.5 Å². The van der Waals surface area contributed by atoms with Crippen LogP contribution in [0.25, 0.3) is 10.9 Å². The van der Waals surface area contributed by atoms with Crippen LogP contribution in [-0.2, 0) is 49.4 Å². The third kappa shape index (κ3) is 10.1. The molecule has 1 saturated heterocycles. The highest BCUT2D eigenvalue weighted by Gasteiger charge is 2.47. The van der Waals surface area contributed by atoms with Crippen LogP contribution in [0.1, 0.15) is 88.6 Å². The SMILES string of the molecule is CCC(C)[C@H](NC(=O)Cc1ccccc1F)C(=O)N[C@]1(C(=O)N[C@H](CNC(=O)CC2CCOCC2)C(C)CC)CCc2[nH]c3c(C(F)(F)F)cccc3c2C1. The summed E-state index contributed by atoms with van der Waals surface area (Å²) >= 11 is 0. The Bertz CT molecular complexity index is 1840. The average molecular weight is 772 g/mol. The van der Waals surface area contributed by atoms with Gasteiger partial charge in [-0.3, -0.25) is 19.2 Å². The lowest BCUT2D eigenvalue weighted by Gasteiger charge is -2.40. The van der Waals surface area contributed by atoms with Crippen molar-refractivity contribution in [3.63, 3.8) is 0 Å². The number of aromatic nitrogens is 1. The number of halogens is 4. The molecule has 2 aromatic carbocycles. The molecule has 0 saturated carbocycles. The number of aromatic amines is 1. The van der Waals surface area contributed by atoms with Crippen molar-refractivity contribution in [2.45, 2.75) is 109 Å². The van der Waals surface area contributed by atoms with Crippen LogP contribution in [0.4, 0.5) is 17.6 Å². The third-order valence-electron chi connectivity index (χ3n) is 11.5. The highest BCUT2D eigenvalue weighted by Crippen LogP contribution is 2.40. The van der Waals surface area contributed by atoms with E-state index in [0.29, 0.717) is 49.1 Å². The lowest BCUT2D eigenvalue weighted by atomic mass is 9.78. The molecule has 3 aromatic rings. The Morgan fingerprint density at radius 2 is 1.65 bits per heavy atom. The molecule has 2 unspecified atom stereocenters. The number of fused-ring (bicyclic) bond motifs is 3. The van der Waals surface area contributed by atoms with E-state index >= 15 is 0 Å². The number of benzene rings is 2. The highest BCUT2D eigenvalue weighted by atomic mass is 19.4. The van der Waals surface area contributed by atoms with E-state index in [4.69, 9.17) is 4.74 Å². The summed E-state index contributed by atoms with van der Waals surface area (Å²) in [5, 5.41) is 12.1. The number of hydrogen-bond acceptors (Lipinski definition) is 5. The van der Waals surface area contributed by atoms with E-state index in [1.807, 2.05) is 20.8 Å². The molecule has 2 heterocycles. The summed E-state index contributed by atoms with van der Waals surface area (Å²) in [4.78, 5) is 58.2. The van der Waals surface area contributed by atoms with Crippen LogP contribution in [0.2, 0.25) is 0 Å². The van der Waals surface area contributed by atoms with Gasteiger partial charge in [0.05, 0.1) is 17.5 Å². The van der Waals surface area contributed by atoms with Crippen LogP contribution in [0, 0.1) is 23.6 Å². The van der Waals surface area contributed by atoms with Gasteiger partial charge in [-0.15, -0.1) is 0 Å². The molecule has 1 aromatic heterocycles. The van der Waals surface area contributed by atoms with Crippen molar-refractivity contribution in [3.8, 4) is 0 Å². The van der Waals surface area contributed by atoms with Crippen LogP contribution in [0.5, 0.6) is 0 Å². The number of nitrogens with one attached hydrogen (secondary N) is 5. The molecule has 5 rings (SSSR count). The van der Waals surface area contributed by atoms with E-state index in [9.17, 15) is 36.7 Å². The fraction of sp³-hybridized carbons (Fsp3) is 0.561. The fourth-order valence-electron chi connectivity index (χ4n) is 7.61. The maximum atomic E-state index is 14.7. The molecule has 1 fully saturated rings. The van der Waals surface area contributed by atoms with E-state index < -0.39 is 58.8 Å². The van der Waals surface area contributed by atoms with E-state index in [2.05, 4.69) is 26.3 Å². The molecule has 10 nitrogen and oxygen atoms in total. The van der Waals surface area contributed by atoms with Gasteiger partial charge in [-0.25, -0.2) is 4.39 Å². The predicted octanol–water partition coefficient (Wildman–Crippen LogP) is 5.91. The smallest absolute Gasteiger partial charge is 0.381 e. The number of alkyl halides is 3. The summed E-state index contributed by atoms with van der Waals surface area (Å²) in [6, 6.07) is 8.10. The molecule has 14 heteroatoms. The first-order valence-electron chi connectivity index (χ1n) is 19.4. The lowest BCUT2D eigenvalue weighted by Crippen LogP contribution is -2.66. The van der Waals surface area contributed by atoms with Gasteiger partial charge in [0, 0.05) is 49.7 Å². The second-order valence-corrected chi connectivity index (χ2v) is 15.3. The molecular weight excluding hydrogens is 718 g/mol. The van der Waals surface area contributed by atoms with Crippen molar-refractivity contribution < 1.29 is 41.5 Å². The number of hydrogen-bond donors (Lipinski definition) is 5. The zero-order chi connectivity index (χ0) is 39.9. The van der Waals surface area contributed by atoms with Gasteiger partial charge < -0.3 is 31.0 Å². The molecule has 0 spiro atoms. The summed E-state index contributed by atoms with van der Waals surface area (Å²) in [6.07, 6.45) is -1.79. The Kier molecular flexibility index (Phi) is 13.6. The molecule has 2 aliphatic rings. The average Bonchev–Trinajstić information content (AvgIpc) is 3.53. The largest absolute Gasteiger partial charge is 0.418 e. The minimum Gasteiger partial charge on any atom is -0.381 e. The van der Waals surface area contributed by atoms with E-state index in [1.54, 1.807) is 19.1 Å². The Balaban J connectivity index is 1.44. The molecular formula is C41H53F4N5O5. The van der Waals surface area contributed by atoms with Crippen molar-refractivity contribution >= 4 is 34.5 Å². The molecule has 0 radical (unpaired) electrons. The third-order valence-corrected chi connectivity index (χ3v) is 11.5. The fourth-order valence-corrected chi connectivity index (χ4v) is 7.61. The molecule has 300 valence electrons. The van der Waals surface area contributed by atoms with E-state index in [0.717, 1.165) is 18.9 Å². The van der Waals surface area contributed by atoms with Crippen LogP contribution < -0.4 is 21.3 Å². The second kappa shape index (κ2) is 18.0. The lowest BCUT2D eigenvalue weighted by molar-refractivity contribution is -0.137. The van der Waals surface area contributed by atoms with Gasteiger partial charge in [-0.1, -0.05) is 70.9 Å². The minimum absolute atomic E-state index is 0.0471.